The van der Waals surface area contributed by atoms with Crippen LogP contribution in [0.15, 0.2) is 0 Å². The lowest BCUT2D eigenvalue weighted by atomic mass is 10.3. The zero-order chi connectivity index (χ0) is 6.74. The van der Waals surface area contributed by atoms with Crippen LogP contribution in [0.4, 0.5) is 0 Å². The van der Waals surface area contributed by atoms with Gasteiger partial charge in [0.05, 0.1) is 13.2 Å². The van der Waals surface area contributed by atoms with E-state index in [4.69, 9.17) is 9.47 Å². The summed E-state index contributed by atoms with van der Waals surface area (Å²) in [6.45, 7) is 4.92. The zero-order valence-corrected chi connectivity index (χ0v) is 5.73. The van der Waals surface area contributed by atoms with E-state index in [0.29, 0.717) is 13.2 Å². The zero-order valence-electron chi connectivity index (χ0n) is 5.73. The Balaban J connectivity index is 2.58. The number of hydrogen-bond acceptors (Lipinski definition) is 2. The minimum atomic E-state index is -0.616. The van der Waals surface area contributed by atoms with Gasteiger partial charge in [-0.15, -0.1) is 5.92 Å². The predicted molar refractivity (Wildman–Crippen MR) is 33.8 cm³/mol. The fourth-order valence-electron chi connectivity index (χ4n) is 0.814. The van der Waals surface area contributed by atoms with E-state index in [2.05, 4.69) is 11.8 Å². The Morgan fingerprint density at radius 2 is 1.89 bits per heavy atom. The van der Waals surface area contributed by atoms with Gasteiger partial charge in [0.25, 0.3) is 0 Å². The van der Waals surface area contributed by atoms with Crippen molar-refractivity contribution in [3.8, 4) is 11.8 Å². The van der Waals surface area contributed by atoms with Crippen molar-refractivity contribution in [2.75, 3.05) is 13.2 Å². The van der Waals surface area contributed by atoms with E-state index in [0.717, 1.165) is 0 Å². The molecule has 0 bridgehead atoms. The van der Waals surface area contributed by atoms with Gasteiger partial charge >= 0.3 is 0 Å². The minimum Gasteiger partial charge on any atom is -0.337 e. The highest BCUT2D eigenvalue weighted by atomic mass is 16.7. The van der Waals surface area contributed by atoms with Crippen LogP contribution in [0.2, 0.25) is 0 Å². The summed E-state index contributed by atoms with van der Waals surface area (Å²) in [7, 11) is 0. The normalized spacial score (nSPS) is 22.9. The van der Waals surface area contributed by atoms with Gasteiger partial charge < -0.3 is 9.47 Å². The molecule has 1 aliphatic rings. The van der Waals surface area contributed by atoms with Crippen LogP contribution < -0.4 is 0 Å². The van der Waals surface area contributed by atoms with Gasteiger partial charge in [-0.3, -0.25) is 0 Å². The van der Waals surface area contributed by atoms with Crippen LogP contribution in [0.5, 0.6) is 0 Å². The lowest BCUT2D eigenvalue weighted by Gasteiger charge is -2.13. The first-order valence-electron chi connectivity index (χ1n) is 2.99. The molecule has 9 heavy (non-hydrogen) atoms. The molecular weight excluding hydrogens is 116 g/mol. The summed E-state index contributed by atoms with van der Waals surface area (Å²) in [5, 5.41) is 0. The molecule has 0 aliphatic carbocycles. The van der Waals surface area contributed by atoms with Crippen LogP contribution in [0, 0.1) is 11.8 Å². The van der Waals surface area contributed by atoms with Crippen LogP contribution in [-0.4, -0.2) is 19.0 Å². The van der Waals surface area contributed by atoms with E-state index >= 15 is 0 Å². The summed E-state index contributed by atoms with van der Waals surface area (Å²) < 4.78 is 10.4. The molecule has 0 N–H and O–H groups in total. The molecule has 0 aromatic heterocycles. The molecule has 2 heteroatoms. The Hall–Kier alpha value is -0.520. The quantitative estimate of drug-likeness (QED) is 0.446. The number of hydrogen-bond donors (Lipinski definition) is 0. The Kier molecular flexibility index (Phi) is 1.75. The monoisotopic (exact) mass is 126 g/mol. The topological polar surface area (TPSA) is 18.5 Å². The fourth-order valence-corrected chi connectivity index (χ4v) is 0.814. The predicted octanol–water partition coefficient (Wildman–Crippen LogP) is 0.773. The molecule has 0 unspecified atom stereocenters. The van der Waals surface area contributed by atoms with Crippen LogP contribution in [-0.2, 0) is 9.47 Å². The van der Waals surface area contributed by atoms with Crippen molar-refractivity contribution in [2.24, 2.45) is 0 Å². The van der Waals surface area contributed by atoms with Gasteiger partial charge in [0.15, 0.2) is 0 Å². The standard InChI is InChI=1S/C7H10O2/c1-3-4-7(2)8-5-6-9-7/h5-6H2,1-2H3. The smallest absolute Gasteiger partial charge is 0.230 e. The van der Waals surface area contributed by atoms with Crippen LogP contribution in [0.1, 0.15) is 13.8 Å². The molecule has 0 aromatic carbocycles. The van der Waals surface area contributed by atoms with Crippen molar-refractivity contribution in [1.82, 2.24) is 0 Å². The third-order valence-corrected chi connectivity index (χ3v) is 1.19. The fraction of sp³-hybridized carbons (Fsp3) is 0.714. The molecule has 0 spiro atoms. The average molecular weight is 126 g/mol. The summed E-state index contributed by atoms with van der Waals surface area (Å²) in [5.41, 5.74) is 0. The summed E-state index contributed by atoms with van der Waals surface area (Å²) in [6.07, 6.45) is 0. The van der Waals surface area contributed by atoms with Gasteiger partial charge in [0.1, 0.15) is 0 Å². The van der Waals surface area contributed by atoms with Crippen molar-refractivity contribution in [3.05, 3.63) is 0 Å². The molecule has 2 nitrogen and oxygen atoms in total. The van der Waals surface area contributed by atoms with Crippen molar-refractivity contribution in [3.63, 3.8) is 0 Å². The molecule has 50 valence electrons. The van der Waals surface area contributed by atoms with Crippen LogP contribution in [0.3, 0.4) is 0 Å². The van der Waals surface area contributed by atoms with Gasteiger partial charge in [-0.2, -0.15) is 0 Å². The highest BCUT2D eigenvalue weighted by Gasteiger charge is 2.27. The second-order valence-corrected chi connectivity index (χ2v) is 2.02. The van der Waals surface area contributed by atoms with Crippen molar-refractivity contribution < 1.29 is 9.47 Å². The molecule has 0 amide bonds. The lowest BCUT2D eigenvalue weighted by Crippen LogP contribution is -2.22. The first-order valence-corrected chi connectivity index (χ1v) is 2.99. The highest BCUT2D eigenvalue weighted by molar-refractivity contribution is 5.07. The Morgan fingerprint density at radius 3 is 2.33 bits per heavy atom. The van der Waals surface area contributed by atoms with Gasteiger partial charge in [0.2, 0.25) is 5.79 Å². The second kappa shape index (κ2) is 2.38. The molecule has 0 saturated carbocycles. The molecular formula is C7H10O2. The van der Waals surface area contributed by atoms with Crippen molar-refractivity contribution >= 4 is 0 Å². The third-order valence-electron chi connectivity index (χ3n) is 1.19. The maximum absolute atomic E-state index is 5.18. The Morgan fingerprint density at radius 1 is 1.33 bits per heavy atom. The van der Waals surface area contributed by atoms with Gasteiger partial charge in [0, 0.05) is 6.92 Å². The summed E-state index contributed by atoms with van der Waals surface area (Å²) in [4.78, 5) is 0. The Bertz CT molecular complexity index is 146. The van der Waals surface area contributed by atoms with E-state index in [1.807, 2.05) is 6.92 Å². The third kappa shape index (κ3) is 1.44. The molecule has 1 saturated heterocycles. The van der Waals surface area contributed by atoms with Crippen molar-refractivity contribution in [2.45, 2.75) is 19.6 Å². The summed E-state index contributed by atoms with van der Waals surface area (Å²) in [6, 6.07) is 0. The van der Waals surface area contributed by atoms with E-state index in [-0.39, 0.29) is 0 Å². The number of ether oxygens (including phenoxy) is 2. The molecule has 1 fully saturated rings. The first-order chi connectivity index (χ1) is 4.27. The molecule has 0 radical (unpaired) electrons. The number of rotatable bonds is 0. The van der Waals surface area contributed by atoms with E-state index in [1.165, 1.54) is 0 Å². The highest BCUT2D eigenvalue weighted by Crippen LogP contribution is 2.16. The lowest BCUT2D eigenvalue weighted by molar-refractivity contribution is -0.0910. The van der Waals surface area contributed by atoms with Crippen molar-refractivity contribution in [1.29, 1.82) is 0 Å². The van der Waals surface area contributed by atoms with Gasteiger partial charge in [-0.1, -0.05) is 0 Å². The van der Waals surface area contributed by atoms with Gasteiger partial charge in [-0.05, 0) is 12.8 Å². The van der Waals surface area contributed by atoms with Crippen LogP contribution in [0.25, 0.3) is 0 Å². The maximum Gasteiger partial charge on any atom is 0.230 e. The van der Waals surface area contributed by atoms with E-state index in [1.54, 1.807) is 6.92 Å². The largest absolute Gasteiger partial charge is 0.337 e. The summed E-state index contributed by atoms with van der Waals surface area (Å²) >= 11 is 0. The second-order valence-electron chi connectivity index (χ2n) is 2.02. The SMILES string of the molecule is CC#CC1(C)OCCO1. The van der Waals surface area contributed by atoms with E-state index in [9.17, 15) is 0 Å². The average Bonchev–Trinajstić information content (AvgIpc) is 2.16. The maximum atomic E-state index is 5.18. The molecule has 1 rings (SSSR count). The van der Waals surface area contributed by atoms with Crippen LogP contribution >= 0.6 is 0 Å². The minimum absolute atomic E-state index is 0.616. The van der Waals surface area contributed by atoms with Gasteiger partial charge in [-0.25, -0.2) is 0 Å². The van der Waals surface area contributed by atoms with E-state index < -0.39 is 5.79 Å². The Labute approximate surface area is 55.1 Å². The molecule has 1 heterocycles. The molecule has 0 aromatic rings. The molecule has 0 atom stereocenters. The molecule has 1 aliphatic heterocycles. The summed E-state index contributed by atoms with van der Waals surface area (Å²) in [5.74, 6) is 4.96. The first kappa shape index (κ1) is 6.60.